The molecule has 0 heterocycles. The van der Waals surface area contributed by atoms with Crippen molar-refractivity contribution in [2.75, 3.05) is 5.32 Å². The van der Waals surface area contributed by atoms with Crippen LogP contribution in [0.3, 0.4) is 0 Å². The van der Waals surface area contributed by atoms with Gasteiger partial charge in [0.2, 0.25) is 0 Å². The van der Waals surface area contributed by atoms with E-state index in [-0.39, 0.29) is 0 Å². The SMILES string of the molecule is C=Cc1ccccc1CNc1ccc(C)cc1. The van der Waals surface area contributed by atoms with Crippen LogP contribution in [0.25, 0.3) is 6.08 Å². The lowest BCUT2D eigenvalue weighted by molar-refractivity contribution is 1.14. The fourth-order valence-electron chi connectivity index (χ4n) is 1.76. The van der Waals surface area contributed by atoms with Crippen molar-refractivity contribution >= 4 is 11.8 Å². The predicted octanol–water partition coefficient (Wildman–Crippen LogP) is 4.25. The molecule has 1 N–H and O–H groups in total. The van der Waals surface area contributed by atoms with E-state index in [2.05, 4.69) is 61.3 Å². The smallest absolute Gasteiger partial charge is 0.0406 e. The van der Waals surface area contributed by atoms with Crippen LogP contribution in [0.4, 0.5) is 5.69 Å². The molecule has 0 bridgehead atoms. The van der Waals surface area contributed by atoms with Crippen LogP contribution in [0, 0.1) is 6.92 Å². The third kappa shape index (κ3) is 2.97. The van der Waals surface area contributed by atoms with Gasteiger partial charge in [0, 0.05) is 12.2 Å². The zero-order valence-corrected chi connectivity index (χ0v) is 10.1. The van der Waals surface area contributed by atoms with E-state index in [1.54, 1.807) is 0 Å². The second-order valence-electron chi connectivity index (χ2n) is 4.12. The average molecular weight is 223 g/mol. The third-order valence-corrected chi connectivity index (χ3v) is 2.81. The summed E-state index contributed by atoms with van der Waals surface area (Å²) < 4.78 is 0. The lowest BCUT2D eigenvalue weighted by Gasteiger charge is -2.09. The molecule has 1 heteroatoms. The van der Waals surface area contributed by atoms with Gasteiger partial charge in [0.25, 0.3) is 0 Å². The highest BCUT2D eigenvalue weighted by molar-refractivity contribution is 5.53. The van der Waals surface area contributed by atoms with Crippen molar-refractivity contribution in [2.24, 2.45) is 0 Å². The second kappa shape index (κ2) is 5.35. The second-order valence-corrected chi connectivity index (χ2v) is 4.12. The number of rotatable bonds is 4. The molecule has 2 aromatic rings. The molecule has 0 amide bonds. The largest absolute Gasteiger partial charge is 0.381 e. The number of nitrogens with one attached hydrogen (secondary N) is 1. The molecule has 86 valence electrons. The molecule has 0 saturated heterocycles. The molecule has 1 nitrogen and oxygen atoms in total. The molecule has 2 rings (SSSR count). The van der Waals surface area contributed by atoms with Crippen molar-refractivity contribution in [3.05, 3.63) is 71.8 Å². The van der Waals surface area contributed by atoms with Gasteiger partial charge in [-0.05, 0) is 30.2 Å². The normalized spacial score (nSPS) is 9.94. The highest BCUT2D eigenvalue weighted by atomic mass is 14.9. The van der Waals surface area contributed by atoms with E-state index in [4.69, 9.17) is 0 Å². The van der Waals surface area contributed by atoms with Crippen molar-refractivity contribution in [3.8, 4) is 0 Å². The maximum atomic E-state index is 3.83. The Balaban J connectivity index is 2.07. The van der Waals surface area contributed by atoms with Gasteiger partial charge in [0.1, 0.15) is 0 Å². The Kier molecular flexibility index (Phi) is 3.61. The summed E-state index contributed by atoms with van der Waals surface area (Å²) in [5.41, 5.74) is 4.88. The fraction of sp³-hybridized carbons (Fsp3) is 0.125. The highest BCUT2D eigenvalue weighted by Crippen LogP contribution is 2.14. The Hall–Kier alpha value is -2.02. The quantitative estimate of drug-likeness (QED) is 0.817. The van der Waals surface area contributed by atoms with E-state index in [0.29, 0.717) is 0 Å². The van der Waals surface area contributed by atoms with Gasteiger partial charge in [0.15, 0.2) is 0 Å². The van der Waals surface area contributed by atoms with Crippen LogP contribution < -0.4 is 5.32 Å². The Labute approximate surface area is 103 Å². The van der Waals surface area contributed by atoms with E-state index in [0.717, 1.165) is 12.2 Å². The van der Waals surface area contributed by atoms with Gasteiger partial charge in [-0.2, -0.15) is 0 Å². The fourth-order valence-corrected chi connectivity index (χ4v) is 1.76. The molecule has 0 aromatic heterocycles. The Bertz CT molecular complexity index is 497. The summed E-state index contributed by atoms with van der Waals surface area (Å²) in [6.07, 6.45) is 1.89. The van der Waals surface area contributed by atoms with E-state index in [1.165, 1.54) is 16.7 Å². The molecule has 0 aliphatic rings. The molecule has 0 spiro atoms. The van der Waals surface area contributed by atoms with Crippen molar-refractivity contribution in [1.29, 1.82) is 0 Å². The van der Waals surface area contributed by atoms with Crippen molar-refractivity contribution in [2.45, 2.75) is 13.5 Å². The Morgan fingerprint density at radius 3 is 2.47 bits per heavy atom. The van der Waals surface area contributed by atoms with E-state index in [1.807, 2.05) is 12.1 Å². The minimum absolute atomic E-state index is 0.825. The molecule has 0 saturated carbocycles. The first-order valence-electron chi connectivity index (χ1n) is 5.80. The molecule has 0 radical (unpaired) electrons. The minimum Gasteiger partial charge on any atom is -0.381 e. The van der Waals surface area contributed by atoms with E-state index in [9.17, 15) is 0 Å². The number of benzene rings is 2. The zero-order valence-electron chi connectivity index (χ0n) is 10.1. The van der Waals surface area contributed by atoms with Gasteiger partial charge in [-0.3, -0.25) is 0 Å². The lowest BCUT2D eigenvalue weighted by Crippen LogP contribution is -2.00. The predicted molar refractivity (Wildman–Crippen MR) is 75.0 cm³/mol. The lowest BCUT2D eigenvalue weighted by atomic mass is 10.1. The van der Waals surface area contributed by atoms with Gasteiger partial charge >= 0.3 is 0 Å². The van der Waals surface area contributed by atoms with Crippen molar-refractivity contribution in [3.63, 3.8) is 0 Å². The summed E-state index contributed by atoms with van der Waals surface area (Å²) in [4.78, 5) is 0. The summed E-state index contributed by atoms with van der Waals surface area (Å²) in [5.74, 6) is 0. The summed E-state index contributed by atoms with van der Waals surface area (Å²) in [7, 11) is 0. The molecule has 17 heavy (non-hydrogen) atoms. The van der Waals surface area contributed by atoms with Crippen molar-refractivity contribution < 1.29 is 0 Å². The first kappa shape index (κ1) is 11.5. The topological polar surface area (TPSA) is 12.0 Å². The van der Waals surface area contributed by atoms with Crippen LogP contribution in [0.15, 0.2) is 55.1 Å². The molecular weight excluding hydrogens is 206 g/mol. The molecule has 0 unspecified atom stereocenters. The van der Waals surface area contributed by atoms with Crippen LogP contribution in [0.1, 0.15) is 16.7 Å². The van der Waals surface area contributed by atoms with E-state index < -0.39 is 0 Å². The van der Waals surface area contributed by atoms with Gasteiger partial charge in [-0.1, -0.05) is 54.6 Å². The monoisotopic (exact) mass is 223 g/mol. The van der Waals surface area contributed by atoms with E-state index >= 15 is 0 Å². The standard InChI is InChI=1S/C16H17N/c1-3-14-6-4-5-7-15(14)12-17-16-10-8-13(2)9-11-16/h3-11,17H,1,12H2,2H3. The van der Waals surface area contributed by atoms with Crippen LogP contribution in [-0.2, 0) is 6.54 Å². The van der Waals surface area contributed by atoms with Gasteiger partial charge in [-0.15, -0.1) is 0 Å². The molecular formula is C16H17N. The summed E-state index contributed by atoms with van der Waals surface area (Å²) in [6, 6.07) is 16.7. The maximum Gasteiger partial charge on any atom is 0.0406 e. The van der Waals surface area contributed by atoms with Crippen molar-refractivity contribution in [1.82, 2.24) is 0 Å². The van der Waals surface area contributed by atoms with Crippen LogP contribution >= 0.6 is 0 Å². The summed E-state index contributed by atoms with van der Waals surface area (Å²) in [6.45, 7) is 6.75. The average Bonchev–Trinajstić information content (AvgIpc) is 2.38. The van der Waals surface area contributed by atoms with Gasteiger partial charge in [-0.25, -0.2) is 0 Å². The minimum atomic E-state index is 0.825. The summed E-state index contributed by atoms with van der Waals surface area (Å²) >= 11 is 0. The Morgan fingerprint density at radius 2 is 1.76 bits per heavy atom. The van der Waals surface area contributed by atoms with Gasteiger partial charge in [0.05, 0.1) is 0 Å². The number of aryl methyl sites for hydroxylation is 1. The molecule has 0 atom stereocenters. The number of hydrogen-bond acceptors (Lipinski definition) is 1. The third-order valence-electron chi connectivity index (χ3n) is 2.81. The molecule has 0 aliphatic carbocycles. The molecule has 2 aromatic carbocycles. The Morgan fingerprint density at radius 1 is 1.06 bits per heavy atom. The molecule has 0 aliphatic heterocycles. The summed E-state index contributed by atoms with van der Waals surface area (Å²) in [5, 5.41) is 3.42. The van der Waals surface area contributed by atoms with Crippen LogP contribution in [0.5, 0.6) is 0 Å². The number of hydrogen-bond donors (Lipinski definition) is 1. The first-order valence-corrected chi connectivity index (χ1v) is 5.80. The van der Waals surface area contributed by atoms with Crippen LogP contribution in [-0.4, -0.2) is 0 Å². The van der Waals surface area contributed by atoms with Gasteiger partial charge < -0.3 is 5.32 Å². The molecule has 0 fully saturated rings. The maximum absolute atomic E-state index is 3.83. The number of anilines is 1. The highest BCUT2D eigenvalue weighted by Gasteiger charge is 1.98. The van der Waals surface area contributed by atoms with Crippen LogP contribution in [0.2, 0.25) is 0 Å². The first-order chi connectivity index (χ1) is 8.29. The zero-order chi connectivity index (χ0) is 12.1.